The van der Waals surface area contributed by atoms with Gasteiger partial charge in [-0.2, -0.15) is 0 Å². The van der Waals surface area contributed by atoms with Gasteiger partial charge in [0.15, 0.2) is 0 Å². The smallest absolute Gasteiger partial charge is 0.311 e. The molecule has 0 fully saturated rings. The Kier molecular flexibility index (Phi) is 5.13. The Morgan fingerprint density at radius 3 is 2.06 bits per heavy atom. The molecule has 0 aromatic carbocycles. The standard InChI is InChI=1S/C13H21NO3/c1-6-7-8-9-10(15)14-13(4,5)12(2,3)11(16)17/h6-9H,1-5H3,(H,14,15)(H,16,17)/b7-6+,9-8+. The number of aliphatic carboxylic acids is 1. The van der Waals surface area contributed by atoms with Crippen molar-refractivity contribution in [3.8, 4) is 0 Å². The van der Waals surface area contributed by atoms with Gasteiger partial charge < -0.3 is 10.4 Å². The van der Waals surface area contributed by atoms with Crippen molar-refractivity contribution in [1.82, 2.24) is 5.32 Å². The van der Waals surface area contributed by atoms with Crippen LogP contribution in [-0.2, 0) is 9.59 Å². The third-order valence-electron chi connectivity index (χ3n) is 3.08. The fourth-order valence-electron chi connectivity index (χ4n) is 1.03. The average Bonchev–Trinajstić information content (AvgIpc) is 2.16. The second kappa shape index (κ2) is 5.66. The molecule has 0 bridgehead atoms. The summed E-state index contributed by atoms with van der Waals surface area (Å²) in [7, 11) is 0. The van der Waals surface area contributed by atoms with E-state index in [-0.39, 0.29) is 5.91 Å². The first kappa shape index (κ1) is 15.4. The molecule has 96 valence electrons. The van der Waals surface area contributed by atoms with Crippen molar-refractivity contribution in [2.75, 3.05) is 0 Å². The minimum Gasteiger partial charge on any atom is -0.481 e. The fraction of sp³-hybridized carbons (Fsp3) is 0.538. The number of rotatable bonds is 5. The van der Waals surface area contributed by atoms with Crippen molar-refractivity contribution in [2.24, 2.45) is 5.41 Å². The van der Waals surface area contributed by atoms with Gasteiger partial charge in [0.2, 0.25) is 5.91 Å². The molecule has 0 aliphatic heterocycles. The molecule has 0 spiro atoms. The van der Waals surface area contributed by atoms with Crippen LogP contribution in [0.25, 0.3) is 0 Å². The van der Waals surface area contributed by atoms with Crippen LogP contribution >= 0.6 is 0 Å². The summed E-state index contributed by atoms with van der Waals surface area (Å²) in [5, 5.41) is 11.8. The highest BCUT2D eigenvalue weighted by Gasteiger charge is 2.44. The molecule has 0 aliphatic rings. The minimum atomic E-state index is -1.04. The largest absolute Gasteiger partial charge is 0.481 e. The van der Waals surface area contributed by atoms with Crippen molar-refractivity contribution in [3.63, 3.8) is 0 Å². The zero-order chi connectivity index (χ0) is 13.7. The number of carbonyl (C=O) groups excluding carboxylic acids is 1. The van der Waals surface area contributed by atoms with E-state index >= 15 is 0 Å². The first-order valence-electron chi connectivity index (χ1n) is 5.50. The number of hydrogen-bond donors (Lipinski definition) is 2. The Balaban J connectivity index is 4.76. The van der Waals surface area contributed by atoms with Crippen LogP contribution in [0, 0.1) is 5.41 Å². The van der Waals surface area contributed by atoms with Crippen LogP contribution in [-0.4, -0.2) is 22.5 Å². The van der Waals surface area contributed by atoms with Gasteiger partial charge >= 0.3 is 5.97 Å². The number of nitrogens with one attached hydrogen (secondary N) is 1. The summed E-state index contributed by atoms with van der Waals surface area (Å²) in [5.41, 5.74) is -1.88. The van der Waals surface area contributed by atoms with E-state index < -0.39 is 16.9 Å². The summed E-state index contributed by atoms with van der Waals surface area (Å²) in [6.07, 6.45) is 6.52. The van der Waals surface area contributed by atoms with Crippen molar-refractivity contribution in [2.45, 2.75) is 40.2 Å². The Morgan fingerprint density at radius 2 is 1.65 bits per heavy atom. The number of hydrogen-bond acceptors (Lipinski definition) is 2. The summed E-state index contributed by atoms with van der Waals surface area (Å²) in [4.78, 5) is 22.7. The van der Waals surface area contributed by atoms with Gasteiger partial charge in [-0.05, 0) is 34.6 Å². The van der Waals surface area contributed by atoms with Crippen LogP contribution < -0.4 is 5.32 Å². The van der Waals surface area contributed by atoms with E-state index in [1.54, 1.807) is 45.9 Å². The van der Waals surface area contributed by atoms with E-state index in [0.29, 0.717) is 0 Å². The van der Waals surface area contributed by atoms with E-state index in [2.05, 4.69) is 5.32 Å². The fourth-order valence-corrected chi connectivity index (χ4v) is 1.03. The molecule has 0 unspecified atom stereocenters. The molecule has 4 nitrogen and oxygen atoms in total. The summed E-state index contributed by atoms with van der Waals surface area (Å²) in [5.74, 6) is -1.25. The van der Waals surface area contributed by atoms with E-state index in [9.17, 15) is 9.59 Å². The number of carbonyl (C=O) groups is 2. The lowest BCUT2D eigenvalue weighted by molar-refractivity contribution is -0.151. The zero-order valence-electron chi connectivity index (χ0n) is 11.1. The Morgan fingerprint density at radius 1 is 1.12 bits per heavy atom. The van der Waals surface area contributed by atoms with E-state index in [1.165, 1.54) is 6.08 Å². The Hall–Kier alpha value is -1.58. The van der Waals surface area contributed by atoms with E-state index in [1.807, 2.05) is 6.92 Å². The van der Waals surface area contributed by atoms with Crippen LogP contribution in [0.4, 0.5) is 0 Å². The molecule has 0 saturated carbocycles. The SMILES string of the molecule is C/C=C/C=C/C(=O)NC(C)(C)C(C)(C)C(=O)O. The maximum atomic E-state index is 11.6. The molecular formula is C13H21NO3. The molecule has 0 aromatic heterocycles. The van der Waals surface area contributed by atoms with Gasteiger partial charge in [0, 0.05) is 6.08 Å². The lowest BCUT2D eigenvalue weighted by Crippen LogP contribution is -2.56. The Labute approximate surface area is 102 Å². The molecule has 2 N–H and O–H groups in total. The van der Waals surface area contributed by atoms with E-state index in [4.69, 9.17) is 5.11 Å². The lowest BCUT2D eigenvalue weighted by atomic mass is 9.74. The number of amides is 1. The monoisotopic (exact) mass is 239 g/mol. The number of allylic oxidation sites excluding steroid dienone is 3. The summed E-state index contributed by atoms with van der Waals surface area (Å²) >= 11 is 0. The maximum absolute atomic E-state index is 11.6. The lowest BCUT2D eigenvalue weighted by Gasteiger charge is -2.38. The molecule has 17 heavy (non-hydrogen) atoms. The quantitative estimate of drug-likeness (QED) is 0.570. The summed E-state index contributed by atoms with van der Waals surface area (Å²) in [6.45, 7) is 8.42. The van der Waals surface area contributed by atoms with Crippen LogP contribution in [0.1, 0.15) is 34.6 Å². The molecule has 0 aromatic rings. The molecule has 4 heteroatoms. The van der Waals surface area contributed by atoms with Gasteiger partial charge in [0.1, 0.15) is 0 Å². The van der Waals surface area contributed by atoms with Crippen molar-refractivity contribution >= 4 is 11.9 Å². The molecule has 0 atom stereocenters. The molecule has 0 rings (SSSR count). The third kappa shape index (κ3) is 4.06. The number of carboxylic acids is 1. The van der Waals surface area contributed by atoms with Gasteiger partial charge in [0.05, 0.1) is 11.0 Å². The molecule has 0 aliphatic carbocycles. The maximum Gasteiger partial charge on any atom is 0.311 e. The second-order valence-corrected chi connectivity index (χ2v) is 4.93. The molecular weight excluding hydrogens is 218 g/mol. The Bertz CT molecular complexity index is 352. The van der Waals surface area contributed by atoms with Gasteiger partial charge in [-0.25, -0.2) is 0 Å². The predicted octanol–water partition coefficient (Wildman–Crippen LogP) is 2.12. The van der Waals surface area contributed by atoms with Crippen molar-refractivity contribution < 1.29 is 14.7 Å². The predicted molar refractivity (Wildman–Crippen MR) is 67.6 cm³/mol. The molecule has 0 heterocycles. The van der Waals surface area contributed by atoms with Gasteiger partial charge in [-0.1, -0.05) is 18.2 Å². The van der Waals surface area contributed by atoms with Crippen LogP contribution in [0.15, 0.2) is 24.3 Å². The highest BCUT2D eigenvalue weighted by Crippen LogP contribution is 2.30. The van der Waals surface area contributed by atoms with Gasteiger partial charge in [0.25, 0.3) is 0 Å². The van der Waals surface area contributed by atoms with Crippen LogP contribution in [0.5, 0.6) is 0 Å². The highest BCUT2D eigenvalue weighted by molar-refractivity contribution is 5.89. The summed E-state index contributed by atoms with van der Waals surface area (Å²) in [6, 6.07) is 0. The first-order valence-corrected chi connectivity index (χ1v) is 5.50. The topological polar surface area (TPSA) is 66.4 Å². The molecule has 0 radical (unpaired) electrons. The molecule has 0 saturated heterocycles. The third-order valence-corrected chi connectivity index (χ3v) is 3.08. The first-order chi connectivity index (χ1) is 7.65. The molecule has 1 amide bonds. The second-order valence-electron chi connectivity index (χ2n) is 4.93. The van der Waals surface area contributed by atoms with Crippen molar-refractivity contribution in [3.05, 3.63) is 24.3 Å². The average molecular weight is 239 g/mol. The van der Waals surface area contributed by atoms with Crippen molar-refractivity contribution in [1.29, 1.82) is 0 Å². The van der Waals surface area contributed by atoms with E-state index in [0.717, 1.165) is 0 Å². The normalized spacial score (nSPS) is 13.2. The van der Waals surface area contributed by atoms with Crippen LogP contribution in [0.2, 0.25) is 0 Å². The summed E-state index contributed by atoms with van der Waals surface area (Å²) < 4.78 is 0. The zero-order valence-corrected chi connectivity index (χ0v) is 11.1. The number of carboxylic acid groups (broad SMARTS) is 1. The van der Waals surface area contributed by atoms with Gasteiger partial charge in [-0.3, -0.25) is 9.59 Å². The minimum absolute atomic E-state index is 0.303. The highest BCUT2D eigenvalue weighted by atomic mass is 16.4. The van der Waals surface area contributed by atoms with Crippen LogP contribution in [0.3, 0.4) is 0 Å². The van der Waals surface area contributed by atoms with Gasteiger partial charge in [-0.15, -0.1) is 0 Å².